The first-order valence-electron chi connectivity index (χ1n) is 9.09. The van der Waals surface area contributed by atoms with Crippen LogP contribution in [0.25, 0.3) is 6.08 Å². The average molecular weight is 362 g/mol. The Kier molecular flexibility index (Phi) is 6.23. The highest BCUT2D eigenvalue weighted by Gasteiger charge is 2.30. The minimum atomic E-state index is -0.417. The molecule has 0 bridgehead atoms. The van der Waals surface area contributed by atoms with E-state index in [4.69, 9.17) is 0 Å². The van der Waals surface area contributed by atoms with Crippen LogP contribution in [0.5, 0.6) is 0 Å². The summed E-state index contributed by atoms with van der Waals surface area (Å²) in [6.45, 7) is 9.17. The summed E-state index contributed by atoms with van der Waals surface area (Å²) in [5.74, 6) is 0.429. The predicted octanol–water partition coefficient (Wildman–Crippen LogP) is 0.724. The normalized spacial score (nSPS) is 19.0. The zero-order valence-electron chi connectivity index (χ0n) is 16.4. The van der Waals surface area contributed by atoms with Crippen molar-refractivity contribution in [2.75, 3.05) is 19.6 Å². The fraction of sp³-hybridized carbons (Fsp3) is 0.632. The number of likely N-dealkylation sites (tertiary alicyclic amines) is 1. The van der Waals surface area contributed by atoms with Crippen LogP contribution in [0.1, 0.15) is 39.2 Å². The van der Waals surface area contributed by atoms with Crippen molar-refractivity contribution >= 4 is 12.0 Å². The highest BCUT2D eigenvalue weighted by atomic mass is 16.2. The van der Waals surface area contributed by atoms with E-state index in [1.54, 1.807) is 7.05 Å². The van der Waals surface area contributed by atoms with E-state index in [1.165, 1.54) is 42.8 Å². The van der Waals surface area contributed by atoms with Crippen molar-refractivity contribution in [3.05, 3.63) is 38.7 Å². The number of hydrogen-bond donors (Lipinski definition) is 1. The Labute approximate surface area is 154 Å². The lowest BCUT2D eigenvalue weighted by Gasteiger charge is -2.43. The maximum absolute atomic E-state index is 12.2. The molecule has 1 fully saturated rings. The summed E-state index contributed by atoms with van der Waals surface area (Å²) < 4.78 is 2.35. The molecule has 1 atom stereocenters. The molecule has 26 heavy (non-hydrogen) atoms. The molecule has 7 heteroatoms. The standard InChI is InChI=1S/C19H30N4O3/c1-14-7-6-10-23(11-14)19(2,3)13-20-16(24)9-8-15-12-21(4)18(26)22(5)17(15)25/h8-9,12,14H,6-7,10-11,13H2,1-5H3,(H,20,24). The fourth-order valence-corrected chi connectivity index (χ4v) is 3.33. The number of rotatable bonds is 5. The molecular formula is C19H30N4O3. The predicted molar refractivity (Wildman–Crippen MR) is 103 cm³/mol. The molecule has 1 aromatic rings. The van der Waals surface area contributed by atoms with Gasteiger partial charge in [-0.05, 0) is 45.2 Å². The van der Waals surface area contributed by atoms with Gasteiger partial charge in [0, 0.05) is 45.0 Å². The number of piperidine rings is 1. The molecule has 144 valence electrons. The van der Waals surface area contributed by atoms with E-state index in [0.717, 1.165) is 17.7 Å². The summed E-state index contributed by atoms with van der Waals surface area (Å²) in [7, 11) is 2.99. The molecule has 1 saturated heterocycles. The van der Waals surface area contributed by atoms with Gasteiger partial charge in [0.05, 0.1) is 5.56 Å². The van der Waals surface area contributed by atoms with Crippen molar-refractivity contribution in [2.24, 2.45) is 20.0 Å². The largest absolute Gasteiger partial charge is 0.351 e. The first-order chi connectivity index (χ1) is 12.1. The molecule has 1 unspecified atom stereocenters. The van der Waals surface area contributed by atoms with Gasteiger partial charge in [0.25, 0.3) is 5.56 Å². The smallest absolute Gasteiger partial charge is 0.330 e. The van der Waals surface area contributed by atoms with Crippen LogP contribution in [0.3, 0.4) is 0 Å². The van der Waals surface area contributed by atoms with E-state index >= 15 is 0 Å². The molecule has 0 saturated carbocycles. The van der Waals surface area contributed by atoms with Crippen LogP contribution < -0.4 is 16.6 Å². The first kappa shape index (κ1) is 20.2. The van der Waals surface area contributed by atoms with Gasteiger partial charge in [-0.1, -0.05) is 6.92 Å². The van der Waals surface area contributed by atoms with Gasteiger partial charge in [0.2, 0.25) is 5.91 Å². The highest BCUT2D eigenvalue weighted by molar-refractivity contribution is 5.91. The third kappa shape index (κ3) is 4.72. The van der Waals surface area contributed by atoms with Crippen LogP contribution in [-0.2, 0) is 18.9 Å². The summed E-state index contributed by atoms with van der Waals surface area (Å²) in [5, 5.41) is 2.92. The molecule has 1 amide bonds. The second kappa shape index (κ2) is 8.03. The summed E-state index contributed by atoms with van der Waals surface area (Å²) in [6, 6.07) is 0. The molecule has 1 aliphatic rings. The van der Waals surface area contributed by atoms with E-state index in [0.29, 0.717) is 18.0 Å². The van der Waals surface area contributed by atoms with E-state index in [2.05, 4.69) is 31.0 Å². The van der Waals surface area contributed by atoms with Crippen LogP contribution in [0, 0.1) is 5.92 Å². The van der Waals surface area contributed by atoms with E-state index < -0.39 is 11.2 Å². The monoisotopic (exact) mass is 362 g/mol. The number of carbonyl (C=O) groups is 1. The third-order valence-electron chi connectivity index (χ3n) is 5.10. The number of carbonyl (C=O) groups excluding carboxylic acids is 1. The number of nitrogens with one attached hydrogen (secondary N) is 1. The lowest BCUT2D eigenvalue weighted by molar-refractivity contribution is -0.117. The van der Waals surface area contributed by atoms with Gasteiger partial charge in [-0.25, -0.2) is 4.79 Å². The van der Waals surface area contributed by atoms with Crippen molar-refractivity contribution in [1.29, 1.82) is 0 Å². The Bertz CT molecular complexity index is 804. The molecule has 0 aliphatic carbocycles. The van der Waals surface area contributed by atoms with Crippen LogP contribution in [0.4, 0.5) is 0 Å². The SMILES string of the molecule is CC1CCCN(C(C)(C)CNC(=O)C=Cc2cn(C)c(=O)n(C)c2=O)C1. The maximum atomic E-state index is 12.2. The average Bonchev–Trinajstić information content (AvgIpc) is 2.60. The Hall–Kier alpha value is -2.15. The number of nitrogens with zero attached hydrogens (tertiary/aromatic N) is 3. The number of hydrogen-bond acceptors (Lipinski definition) is 4. The van der Waals surface area contributed by atoms with E-state index in [-0.39, 0.29) is 11.4 Å². The van der Waals surface area contributed by atoms with Gasteiger partial charge in [0.1, 0.15) is 0 Å². The molecule has 1 aliphatic heterocycles. The second-order valence-electron chi connectivity index (χ2n) is 7.90. The molecule has 0 radical (unpaired) electrons. The van der Waals surface area contributed by atoms with E-state index in [1.807, 2.05) is 0 Å². The minimum Gasteiger partial charge on any atom is -0.351 e. The van der Waals surface area contributed by atoms with Gasteiger partial charge >= 0.3 is 5.69 Å². The summed E-state index contributed by atoms with van der Waals surface area (Å²) in [6.07, 6.45) is 6.68. The van der Waals surface area contributed by atoms with Crippen molar-refractivity contribution < 1.29 is 4.79 Å². The summed E-state index contributed by atoms with van der Waals surface area (Å²) in [4.78, 5) is 38.3. The van der Waals surface area contributed by atoms with Gasteiger partial charge in [-0.3, -0.25) is 19.1 Å². The molecule has 7 nitrogen and oxygen atoms in total. The van der Waals surface area contributed by atoms with Crippen LogP contribution in [0.15, 0.2) is 21.9 Å². The molecule has 2 rings (SSSR count). The lowest BCUT2D eigenvalue weighted by Crippen LogP contribution is -2.54. The molecule has 1 aromatic heterocycles. The maximum Gasteiger partial charge on any atom is 0.330 e. The van der Waals surface area contributed by atoms with Crippen molar-refractivity contribution in [3.8, 4) is 0 Å². The Balaban J connectivity index is 1.99. The Morgan fingerprint density at radius 1 is 1.35 bits per heavy atom. The van der Waals surface area contributed by atoms with E-state index in [9.17, 15) is 14.4 Å². The number of aromatic nitrogens is 2. The molecular weight excluding hydrogens is 332 g/mol. The van der Waals surface area contributed by atoms with Gasteiger partial charge in [0.15, 0.2) is 0 Å². The number of amides is 1. The van der Waals surface area contributed by atoms with Crippen LogP contribution in [0.2, 0.25) is 0 Å². The van der Waals surface area contributed by atoms with Gasteiger partial charge in [-0.15, -0.1) is 0 Å². The summed E-state index contributed by atoms with van der Waals surface area (Å²) in [5.41, 5.74) is -0.631. The Morgan fingerprint density at radius 3 is 2.69 bits per heavy atom. The van der Waals surface area contributed by atoms with Gasteiger partial charge < -0.3 is 9.88 Å². The molecule has 2 heterocycles. The first-order valence-corrected chi connectivity index (χ1v) is 9.09. The van der Waals surface area contributed by atoms with Crippen molar-refractivity contribution in [3.63, 3.8) is 0 Å². The fourth-order valence-electron chi connectivity index (χ4n) is 3.33. The highest BCUT2D eigenvalue weighted by Crippen LogP contribution is 2.23. The third-order valence-corrected chi connectivity index (χ3v) is 5.10. The summed E-state index contributed by atoms with van der Waals surface area (Å²) >= 11 is 0. The quantitative estimate of drug-likeness (QED) is 0.784. The topological polar surface area (TPSA) is 76.3 Å². The van der Waals surface area contributed by atoms with Gasteiger partial charge in [-0.2, -0.15) is 0 Å². The zero-order chi connectivity index (χ0) is 19.5. The minimum absolute atomic E-state index is 0.120. The van der Waals surface area contributed by atoms with Crippen molar-refractivity contribution in [2.45, 2.75) is 39.2 Å². The van der Waals surface area contributed by atoms with Crippen molar-refractivity contribution in [1.82, 2.24) is 19.4 Å². The van der Waals surface area contributed by atoms with Crippen LogP contribution in [-0.4, -0.2) is 45.1 Å². The number of aryl methyl sites for hydroxylation is 1. The molecule has 0 aromatic carbocycles. The second-order valence-corrected chi connectivity index (χ2v) is 7.90. The molecule has 0 spiro atoms. The van der Waals surface area contributed by atoms with Crippen LogP contribution >= 0.6 is 0 Å². The lowest BCUT2D eigenvalue weighted by atomic mass is 9.93. The Morgan fingerprint density at radius 2 is 2.04 bits per heavy atom. The zero-order valence-corrected chi connectivity index (χ0v) is 16.4. The molecule has 1 N–H and O–H groups in total.